The molecule has 0 radical (unpaired) electrons. The number of carbonyl (C=O) groups excluding carboxylic acids is 2. The van der Waals surface area contributed by atoms with Crippen molar-refractivity contribution in [1.29, 1.82) is 0 Å². The molecule has 0 aliphatic carbocycles. The van der Waals surface area contributed by atoms with E-state index in [0.29, 0.717) is 12.4 Å². The zero-order valence-corrected chi connectivity index (χ0v) is 32.0. The fraction of sp³-hybridized carbons (Fsp3) is 0.500. The first-order valence-electron chi connectivity index (χ1n) is 18.5. The number of rotatable bonds is 11. The molecule has 0 amide bonds. The summed E-state index contributed by atoms with van der Waals surface area (Å²) in [5.74, 6) is 1.58. The SMILES string of the molecule is CC.CCCN1CCCC(C(=O)c2ccc3c(cnn3C)c2)C1.CCCN1CCCC(C(=O)c2cccc(OCc3ccccc3)c2)C1.CCl. The Bertz CT molecular complexity index is 1570. The molecule has 0 spiro atoms. The lowest BCUT2D eigenvalue weighted by Crippen LogP contribution is -2.39. The molecule has 8 heteroatoms. The summed E-state index contributed by atoms with van der Waals surface area (Å²) in [6.45, 7) is 15.2. The number of fused-ring (bicyclic) bond motifs is 1. The molecular formula is C42H59ClN4O3. The molecule has 50 heavy (non-hydrogen) atoms. The Kier molecular flexibility index (Phi) is 18.3. The third-order valence-corrected chi connectivity index (χ3v) is 9.23. The van der Waals surface area contributed by atoms with Gasteiger partial charge in [0.2, 0.25) is 0 Å². The van der Waals surface area contributed by atoms with E-state index >= 15 is 0 Å². The topological polar surface area (TPSA) is 67.7 Å². The van der Waals surface area contributed by atoms with Crippen LogP contribution >= 0.6 is 11.6 Å². The first-order valence-corrected chi connectivity index (χ1v) is 19.3. The van der Waals surface area contributed by atoms with Gasteiger partial charge in [-0.3, -0.25) is 14.3 Å². The van der Waals surface area contributed by atoms with Crippen LogP contribution in [0, 0.1) is 11.8 Å². The Hall–Kier alpha value is -3.52. The van der Waals surface area contributed by atoms with Crippen LogP contribution in [0.5, 0.6) is 5.75 Å². The number of Topliss-reactive ketones (excluding diaryl/α,β-unsaturated/α-hetero) is 2. The highest BCUT2D eigenvalue weighted by Crippen LogP contribution is 2.25. The molecule has 0 bridgehead atoms. The summed E-state index contributed by atoms with van der Waals surface area (Å²) < 4.78 is 7.71. The molecule has 3 heterocycles. The van der Waals surface area contributed by atoms with Crippen LogP contribution in [0.2, 0.25) is 0 Å². The zero-order valence-electron chi connectivity index (χ0n) is 31.2. The van der Waals surface area contributed by atoms with Gasteiger partial charge in [0.05, 0.1) is 11.7 Å². The van der Waals surface area contributed by atoms with Gasteiger partial charge in [0.25, 0.3) is 0 Å². The molecule has 6 rings (SSSR count). The van der Waals surface area contributed by atoms with Gasteiger partial charge in [-0.15, -0.1) is 11.6 Å². The summed E-state index contributed by atoms with van der Waals surface area (Å²) in [6.07, 6.45) is 9.85. The number of alkyl halides is 1. The Morgan fingerprint density at radius 3 is 1.94 bits per heavy atom. The molecule has 1 aromatic heterocycles. The summed E-state index contributed by atoms with van der Waals surface area (Å²) in [4.78, 5) is 30.5. The van der Waals surface area contributed by atoms with E-state index in [4.69, 9.17) is 4.74 Å². The van der Waals surface area contributed by atoms with Crippen LogP contribution in [0.4, 0.5) is 0 Å². The van der Waals surface area contributed by atoms with E-state index in [1.807, 2.05) is 105 Å². The van der Waals surface area contributed by atoms with Gasteiger partial charge in [0.1, 0.15) is 12.4 Å². The molecule has 7 nitrogen and oxygen atoms in total. The molecule has 272 valence electrons. The number of halogens is 1. The Balaban J connectivity index is 0.000000249. The number of ketones is 2. The summed E-state index contributed by atoms with van der Waals surface area (Å²) in [6, 6.07) is 23.7. The van der Waals surface area contributed by atoms with Crippen LogP contribution in [-0.2, 0) is 13.7 Å². The number of ether oxygens (including phenoxy) is 1. The van der Waals surface area contributed by atoms with Gasteiger partial charge in [0, 0.05) is 54.9 Å². The number of hydrogen-bond donors (Lipinski definition) is 0. The molecule has 0 N–H and O–H groups in total. The quantitative estimate of drug-likeness (QED) is 0.115. The average molecular weight is 703 g/mol. The maximum Gasteiger partial charge on any atom is 0.167 e. The van der Waals surface area contributed by atoms with Crippen molar-refractivity contribution >= 4 is 34.1 Å². The van der Waals surface area contributed by atoms with Gasteiger partial charge in [-0.2, -0.15) is 5.10 Å². The van der Waals surface area contributed by atoms with Crippen LogP contribution in [-0.4, -0.2) is 76.8 Å². The Morgan fingerprint density at radius 2 is 1.36 bits per heavy atom. The lowest BCUT2D eigenvalue weighted by molar-refractivity contribution is 0.0813. The molecule has 4 aromatic rings. The smallest absolute Gasteiger partial charge is 0.167 e. The molecule has 2 aliphatic heterocycles. The van der Waals surface area contributed by atoms with Crippen molar-refractivity contribution in [2.24, 2.45) is 18.9 Å². The van der Waals surface area contributed by atoms with Gasteiger partial charge >= 0.3 is 0 Å². The van der Waals surface area contributed by atoms with Crippen molar-refractivity contribution in [2.45, 2.75) is 72.8 Å². The van der Waals surface area contributed by atoms with Crippen LogP contribution in [0.1, 0.15) is 92.5 Å². The second kappa shape index (κ2) is 22.3. The van der Waals surface area contributed by atoms with Crippen molar-refractivity contribution in [3.8, 4) is 5.75 Å². The van der Waals surface area contributed by atoms with E-state index in [1.54, 1.807) is 0 Å². The maximum absolute atomic E-state index is 12.9. The average Bonchev–Trinajstić information content (AvgIpc) is 3.55. The molecule has 3 aromatic carbocycles. The number of piperidine rings is 2. The number of likely N-dealkylation sites (tertiary alicyclic amines) is 2. The van der Waals surface area contributed by atoms with Gasteiger partial charge in [0.15, 0.2) is 11.6 Å². The van der Waals surface area contributed by atoms with Crippen LogP contribution in [0.15, 0.2) is 79.0 Å². The Labute approximate surface area is 305 Å². The van der Waals surface area contributed by atoms with Gasteiger partial charge in [-0.1, -0.05) is 70.2 Å². The van der Waals surface area contributed by atoms with Gasteiger partial charge in [-0.25, -0.2) is 0 Å². The van der Waals surface area contributed by atoms with E-state index in [2.05, 4.69) is 40.3 Å². The maximum atomic E-state index is 12.9. The number of aromatic nitrogens is 2. The molecule has 2 saturated heterocycles. The minimum atomic E-state index is 0.115. The summed E-state index contributed by atoms with van der Waals surface area (Å²) in [5, 5.41) is 5.29. The highest BCUT2D eigenvalue weighted by Gasteiger charge is 2.27. The molecule has 2 fully saturated rings. The van der Waals surface area contributed by atoms with Crippen molar-refractivity contribution in [3.05, 3.63) is 95.7 Å². The zero-order chi connectivity index (χ0) is 36.3. The summed E-state index contributed by atoms with van der Waals surface area (Å²) >= 11 is 4.64. The fourth-order valence-electron chi connectivity index (χ4n) is 6.85. The Morgan fingerprint density at radius 1 is 0.780 bits per heavy atom. The largest absolute Gasteiger partial charge is 0.489 e. The van der Waals surface area contributed by atoms with Crippen LogP contribution < -0.4 is 4.74 Å². The van der Waals surface area contributed by atoms with Crippen molar-refractivity contribution in [2.75, 3.05) is 45.7 Å². The normalized spacial score (nSPS) is 17.7. The predicted molar refractivity (Wildman–Crippen MR) is 209 cm³/mol. The first kappa shape index (κ1) is 40.9. The number of carbonyl (C=O) groups is 2. The second-order valence-electron chi connectivity index (χ2n) is 12.9. The summed E-state index contributed by atoms with van der Waals surface area (Å²) in [5.41, 5.74) is 3.80. The molecule has 2 atom stereocenters. The molecular weight excluding hydrogens is 644 g/mol. The predicted octanol–water partition coefficient (Wildman–Crippen LogP) is 9.33. The minimum Gasteiger partial charge on any atom is -0.489 e. The molecule has 0 saturated carbocycles. The van der Waals surface area contributed by atoms with Crippen molar-refractivity contribution < 1.29 is 14.3 Å². The number of benzene rings is 3. The van der Waals surface area contributed by atoms with E-state index in [9.17, 15) is 9.59 Å². The van der Waals surface area contributed by atoms with Gasteiger partial charge in [-0.05, 0) is 101 Å². The fourth-order valence-corrected chi connectivity index (χ4v) is 6.85. The van der Waals surface area contributed by atoms with E-state index in [-0.39, 0.29) is 17.6 Å². The highest BCUT2D eigenvalue weighted by molar-refractivity contribution is 6.15. The van der Waals surface area contributed by atoms with E-state index in [1.165, 1.54) is 6.38 Å². The second-order valence-corrected chi connectivity index (χ2v) is 12.9. The lowest BCUT2D eigenvalue weighted by atomic mass is 9.89. The number of aryl methyl sites for hydroxylation is 1. The lowest BCUT2D eigenvalue weighted by Gasteiger charge is -2.31. The van der Waals surface area contributed by atoms with E-state index in [0.717, 1.165) is 111 Å². The van der Waals surface area contributed by atoms with Gasteiger partial charge < -0.3 is 14.5 Å². The first-order chi connectivity index (χ1) is 24.4. The van der Waals surface area contributed by atoms with Crippen molar-refractivity contribution in [1.82, 2.24) is 19.6 Å². The molecule has 2 aliphatic rings. The third kappa shape index (κ3) is 12.1. The summed E-state index contributed by atoms with van der Waals surface area (Å²) in [7, 11) is 1.92. The molecule has 2 unspecified atom stereocenters. The minimum absolute atomic E-state index is 0.115. The number of nitrogens with zero attached hydrogens (tertiary/aromatic N) is 4. The highest BCUT2D eigenvalue weighted by atomic mass is 35.5. The monoisotopic (exact) mass is 702 g/mol. The van der Waals surface area contributed by atoms with Crippen molar-refractivity contribution in [3.63, 3.8) is 0 Å². The number of hydrogen-bond acceptors (Lipinski definition) is 6. The standard InChI is InChI=1S/C22H27NO2.C17H23N3O.C2H6.CH3Cl/c1-2-13-23-14-7-11-20(16-23)22(24)19-10-6-12-21(15-19)25-17-18-8-4-3-5-9-18;1-3-8-20-9-4-5-14(12-20)17(21)13-6-7-16-15(10-13)11-18-19(16)2;2*1-2/h3-6,8-10,12,15,20H,2,7,11,13-14,16-17H2,1H3;6-7,10-11,14H,3-5,8-9,12H2,1-2H3;1-2H3;1H3. The third-order valence-electron chi connectivity index (χ3n) is 9.23. The van der Waals surface area contributed by atoms with E-state index < -0.39 is 0 Å². The van der Waals surface area contributed by atoms with Crippen LogP contribution in [0.25, 0.3) is 10.9 Å². The van der Waals surface area contributed by atoms with Crippen LogP contribution in [0.3, 0.4) is 0 Å².